The Bertz CT molecular complexity index is 308. The molecule has 1 fully saturated rings. The molecule has 1 aromatic carbocycles. The van der Waals surface area contributed by atoms with Crippen molar-refractivity contribution < 1.29 is 0 Å². The Hall–Kier alpha value is -1.02. The lowest BCUT2D eigenvalue weighted by Gasteiger charge is -2.35. The Labute approximate surface area is 98.9 Å². The first-order valence-corrected chi connectivity index (χ1v) is 6.20. The number of benzene rings is 1. The molecule has 0 N–H and O–H groups in total. The van der Waals surface area contributed by atoms with Gasteiger partial charge in [0.2, 0.25) is 0 Å². The van der Waals surface area contributed by atoms with Crippen LogP contribution in [0.15, 0.2) is 30.3 Å². The van der Waals surface area contributed by atoms with Crippen LogP contribution >= 0.6 is 0 Å². The first-order chi connectivity index (χ1) is 7.75. The maximum Gasteiger partial charge on any atom is 0.0366 e. The Morgan fingerprint density at radius 1 is 1.25 bits per heavy atom. The predicted octanol–water partition coefficient (Wildman–Crippen LogP) is 2.46. The van der Waals surface area contributed by atoms with E-state index in [9.17, 15) is 0 Å². The van der Waals surface area contributed by atoms with Gasteiger partial charge < -0.3 is 9.80 Å². The van der Waals surface area contributed by atoms with Crippen molar-refractivity contribution in [2.75, 3.05) is 38.6 Å². The van der Waals surface area contributed by atoms with Gasteiger partial charge in [-0.3, -0.25) is 0 Å². The molecule has 0 amide bonds. The average molecular weight is 218 g/mol. The topological polar surface area (TPSA) is 6.48 Å². The van der Waals surface area contributed by atoms with Gasteiger partial charge in [-0.2, -0.15) is 0 Å². The maximum absolute atomic E-state index is 2.53. The monoisotopic (exact) mass is 218 g/mol. The van der Waals surface area contributed by atoms with Crippen LogP contribution in [0, 0.1) is 5.92 Å². The zero-order chi connectivity index (χ0) is 11.4. The Morgan fingerprint density at radius 3 is 2.69 bits per heavy atom. The van der Waals surface area contributed by atoms with E-state index in [1.807, 2.05) is 0 Å². The van der Waals surface area contributed by atoms with E-state index < -0.39 is 0 Å². The Balaban J connectivity index is 1.97. The van der Waals surface area contributed by atoms with Crippen LogP contribution in [0.2, 0.25) is 0 Å². The molecule has 1 aliphatic rings. The molecule has 2 nitrogen and oxygen atoms in total. The molecule has 1 atom stereocenters. The molecule has 1 saturated heterocycles. The molecule has 1 heterocycles. The van der Waals surface area contributed by atoms with Crippen molar-refractivity contribution in [3.63, 3.8) is 0 Å². The van der Waals surface area contributed by atoms with Crippen LogP contribution in [0.1, 0.15) is 12.8 Å². The van der Waals surface area contributed by atoms with E-state index in [1.54, 1.807) is 0 Å². The smallest absolute Gasteiger partial charge is 0.0366 e. The summed E-state index contributed by atoms with van der Waals surface area (Å²) in [5.74, 6) is 0.823. The van der Waals surface area contributed by atoms with Crippen molar-refractivity contribution in [1.29, 1.82) is 0 Å². The molecule has 2 rings (SSSR count). The lowest BCUT2D eigenvalue weighted by molar-refractivity contribution is 0.292. The van der Waals surface area contributed by atoms with Crippen molar-refractivity contribution in [3.05, 3.63) is 30.3 Å². The first kappa shape index (κ1) is 11.5. The molecular formula is C14H22N2. The lowest BCUT2D eigenvalue weighted by Crippen LogP contribution is -2.39. The second kappa shape index (κ2) is 5.35. The summed E-state index contributed by atoms with van der Waals surface area (Å²) in [6, 6.07) is 10.8. The molecule has 1 aliphatic heterocycles. The fourth-order valence-electron chi connectivity index (χ4n) is 2.60. The van der Waals surface area contributed by atoms with Crippen molar-refractivity contribution in [3.8, 4) is 0 Å². The van der Waals surface area contributed by atoms with Crippen LogP contribution in [0.3, 0.4) is 0 Å². The number of piperidine rings is 1. The molecule has 0 bridgehead atoms. The highest BCUT2D eigenvalue weighted by molar-refractivity contribution is 5.46. The van der Waals surface area contributed by atoms with Crippen LogP contribution in [-0.2, 0) is 0 Å². The molecule has 0 saturated carbocycles. The van der Waals surface area contributed by atoms with E-state index in [2.05, 4.69) is 54.2 Å². The molecule has 16 heavy (non-hydrogen) atoms. The van der Waals surface area contributed by atoms with Crippen LogP contribution in [0.5, 0.6) is 0 Å². The average Bonchev–Trinajstić information content (AvgIpc) is 2.30. The number of hydrogen-bond donors (Lipinski definition) is 0. The minimum atomic E-state index is 0.823. The highest BCUT2D eigenvalue weighted by atomic mass is 15.1. The third-order valence-corrected chi connectivity index (χ3v) is 3.26. The number of hydrogen-bond acceptors (Lipinski definition) is 2. The number of rotatable bonds is 3. The Morgan fingerprint density at radius 2 is 2.00 bits per heavy atom. The van der Waals surface area contributed by atoms with Crippen LogP contribution in [0.4, 0.5) is 5.69 Å². The van der Waals surface area contributed by atoms with Gasteiger partial charge >= 0.3 is 0 Å². The van der Waals surface area contributed by atoms with Crippen LogP contribution in [0.25, 0.3) is 0 Å². The summed E-state index contributed by atoms with van der Waals surface area (Å²) in [5, 5.41) is 0. The van der Waals surface area contributed by atoms with Gasteiger partial charge in [-0.15, -0.1) is 0 Å². The van der Waals surface area contributed by atoms with Gasteiger partial charge in [-0.1, -0.05) is 18.2 Å². The highest BCUT2D eigenvalue weighted by Gasteiger charge is 2.20. The van der Waals surface area contributed by atoms with Gasteiger partial charge in [0, 0.05) is 25.3 Å². The van der Waals surface area contributed by atoms with Crippen LogP contribution in [-0.4, -0.2) is 38.6 Å². The third kappa shape index (κ3) is 2.99. The summed E-state index contributed by atoms with van der Waals surface area (Å²) in [5.41, 5.74) is 1.38. The fraction of sp³-hybridized carbons (Fsp3) is 0.571. The van der Waals surface area contributed by atoms with Gasteiger partial charge in [0.05, 0.1) is 0 Å². The van der Waals surface area contributed by atoms with E-state index in [4.69, 9.17) is 0 Å². The molecule has 0 aromatic heterocycles. The molecule has 1 unspecified atom stereocenters. The molecule has 2 heteroatoms. The van der Waals surface area contributed by atoms with E-state index in [1.165, 1.54) is 38.2 Å². The van der Waals surface area contributed by atoms with Gasteiger partial charge in [0.15, 0.2) is 0 Å². The second-order valence-corrected chi connectivity index (χ2v) is 5.05. The second-order valence-electron chi connectivity index (χ2n) is 5.05. The van der Waals surface area contributed by atoms with Crippen molar-refractivity contribution in [1.82, 2.24) is 4.90 Å². The SMILES string of the molecule is CN(C)CC1CCCN(c2ccccc2)C1. The fourth-order valence-corrected chi connectivity index (χ4v) is 2.60. The number of para-hydroxylation sites is 1. The molecule has 0 aliphatic carbocycles. The maximum atomic E-state index is 2.53. The van der Waals surface area contributed by atoms with E-state index in [0.29, 0.717) is 0 Å². The summed E-state index contributed by atoms with van der Waals surface area (Å²) in [4.78, 5) is 4.83. The van der Waals surface area contributed by atoms with Crippen LogP contribution < -0.4 is 4.90 Å². The number of nitrogens with zero attached hydrogens (tertiary/aromatic N) is 2. The van der Waals surface area contributed by atoms with E-state index >= 15 is 0 Å². The lowest BCUT2D eigenvalue weighted by atomic mass is 9.97. The molecule has 88 valence electrons. The predicted molar refractivity (Wildman–Crippen MR) is 69.9 cm³/mol. The standard InChI is InChI=1S/C14H22N2/c1-15(2)11-13-7-6-10-16(12-13)14-8-4-3-5-9-14/h3-5,8-9,13H,6-7,10-12H2,1-2H3. The molecule has 1 aromatic rings. The molecule has 0 spiro atoms. The zero-order valence-electron chi connectivity index (χ0n) is 10.4. The minimum absolute atomic E-state index is 0.823. The van der Waals surface area contributed by atoms with Gasteiger partial charge in [0.25, 0.3) is 0 Å². The summed E-state index contributed by atoms with van der Waals surface area (Å²) in [6.45, 7) is 3.64. The normalized spacial score (nSPS) is 21.4. The largest absolute Gasteiger partial charge is 0.371 e. The van der Waals surface area contributed by atoms with Gasteiger partial charge in [0.1, 0.15) is 0 Å². The minimum Gasteiger partial charge on any atom is -0.371 e. The van der Waals surface area contributed by atoms with Gasteiger partial charge in [-0.05, 0) is 45.0 Å². The summed E-state index contributed by atoms with van der Waals surface area (Å²) in [7, 11) is 4.34. The zero-order valence-corrected chi connectivity index (χ0v) is 10.4. The summed E-state index contributed by atoms with van der Waals surface area (Å²) < 4.78 is 0. The summed E-state index contributed by atoms with van der Waals surface area (Å²) in [6.07, 6.45) is 2.70. The van der Waals surface area contributed by atoms with E-state index in [0.717, 1.165) is 5.92 Å². The Kier molecular flexibility index (Phi) is 3.83. The quantitative estimate of drug-likeness (QED) is 0.769. The first-order valence-electron chi connectivity index (χ1n) is 6.20. The molecule has 0 radical (unpaired) electrons. The van der Waals surface area contributed by atoms with E-state index in [-0.39, 0.29) is 0 Å². The highest BCUT2D eigenvalue weighted by Crippen LogP contribution is 2.22. The number of anilines is 1. The van der Waals surface area contributed by atoms with Crippen molar-refractivity contribution in [2.24, 2.45) is 5.92 Å². The van der Waals surface area contributed by atoms with Crippen molar-refractivity contribution in [2.45, 2.75) is 12.8 Å². The third-order valence-electron chi connectivity index (χ3n) is 3.26. The van der Waals surface area contributed by atoms with Gasteiger partial charge in [-0.25, -0.2) is 0 Å². The molecular weight excluding hydrogens is 196 g/mol. The summed E-state index contributed by atoms with van der Waals surface area (Å²) >= 11 is 0. The van der Waals surface area contributed by atoms with Crippen molar-refractivity contribution >= 4 is 5.69 Å².